The Morgan fingerprint density at radius 3 is 0.923 bits per heavy atom. The molecule has 0 aliphatic carbocycles. The smallest absolute Gasteiger partial charge is 1.00 e. The van der Waals surface area contributed by atoms with Crippen molar-refractivity contribution in [1.82, 2.24) is 0 Å². The van der Waals surface area contributed by atoms with Crippen LogP contribution in [-0.4, -0.2) is 61.2 Å². The third kappa shape index (κ3) is 205. The first-order valence-corrected chi connectivity index (χ1v) is 4.49. The van der Waals surface area contributed by atoms with Gasteiger partial charge >= 0.3 is 113 Å². The van der Waals surface area contributed by atoms with Gasteiger partial charge in [-0.15, -0.1) is 0 Å². The quantitative estimate of drug-likeness (QED) is 0.325. The van der Waals surface area contributed by atoms with Crippen LogP contribution >= 0.6 is 15.6 Å². The van der Waals surface area contributed by atoms with E-state index in [-0.39, 0.29) is 113 Å². The van der Waals surface area contributed by atoms with Gasteiger partial charge in [-0.25, -0.2) is 0 Å². The average Bonchev–Trinajstić information content (AvgIpc) is 1.12. The van der Waals surface area contributed by atoms with Crippen LogP contribution in [0.1, 0.15) is 2.85 Å². The molecule has 0 aliphatic heterocycles. The molecule has 8 nitrogen and oxygen atoms in total. The minimum absolute atomic E-state index is 0. The Morgan fingerprint density at radius 1 is 0.923 bits per heavy atom. The van der Waals surface area contributed by atoms with Gasteiger partial charge in [-0.3, -0.25) is 4.57 Å². The largest absolute Gasteiger partial charge is 1.00 e. The molecule has 13 heavy (non-hydrogen) atoms. The van der Waals surface area contributed by atoms with Crippen LogP contribution in [0.15, 0.2) is 0 Å². The Kier molecular flexibility index (Phi) is 32.3. The Labute approximate surface area is 164 Å². The topological polar surface area (TPSA) is 167 Å². The van der Waals surface area contributed by atoms with Crippen LogP contribution < -0.4 is 78.7 Å². The number of rotatable bonds is 0. The van der Waals surface area contributed by atoms with E-state index in [0.717, 1.165) is 0 Å². The average molecular weight is 280 g/mol. The second kappa shape index (κ2) is 13.9. The molecule has 0 aliphatic rings. The first kappa shape index (κ1) is 30.1. The molecule has 0 bridgehead atoms. The number of hydrogen-bond acceptors (Lipinski definition) is 6. The molecule has 0 saturated carbocycles. The summed E-state index contributed by atoms with van der Waals surface area (Å²) in [6.07, 6.45) is 0. The monoisotopic (exact) mass is 280 g/mol. The second-order valence-electron chi connectivity index (χ2n) is 0.938. The number of hydrogen-bond donors (Lipinski definition) is 2. The van der Waals surface area contributed by atoms with Crippen molar-refractivity contribution < 1.29 is 100 Å². The van der Waals surface area contributed by atoms with Crippen LogP contribution in [0.2, 0.25) is 0 Å². The molecule has 0 aromatic heterocycles. The summed E-state index contributed by atoms with van der Waals surface area (Å²) in [7, 11) is -10.3. The van der Waals surface area contributed by atoms with Gasteiger partial charge in [0.2, 0.25) is 0 Å². The van der Waals surface area contributed by atoms with Gasteiger partial charge in [0.25, 0.3) is 7.82 Å². The first-order chi connectivity index (χ1) is 4.00. The fourth-order valence-corrected chi connectivity index (χ4v) is 0. The SMILES string of the molecule is O=P([O-])(O)O.O=P([O-])([O-])[O-].[H+].[H+].[KH].[Na+].[Na+]. The third-order valence-electron chi connectivity index (χ3n) is 0. The molecule has 66 valence electrons. The van der Waals surface area contributed by atoms with Crippen molar-refractivity contribution in [3.8, 4) is 0 Å². The van der Waals surface area contributed by atoms with Gasteiger partial charge in [0.15, 0.2) is 0 Å². The van der Waals surface area contributed by atoms with E-state index in [0.29, 0.717) is 0 Å². The van der Waals surface area contributed by atoms with E-state index < -0.39 is 15.6 Å². The molecule has 13 heteroatoms. The van der Waals surface area contributed by atoms with E-state index in [1.807, 2.05) is 0 Å². The van der Waals surface area contributed by atoms with E-state index in [4.69, 9.17) is 38.5 Å². The Balaban J connectivity index is -0.0000000128. The van der Waals surface area contributed by atoms with Crippen molar-refractivity contribution in [1.29, 1.82) is 0 Å². The molecule has 0 aromatic carbocycles. The van der Waals surface area contributed by atoms with E-state index in [1.54, 1.807) is 0 Å². The van der Waals surface area contributed by atoms with Crippen molar-refractivity contribution in [3.63, 3.8) is 0 Å². The zero-order valence-electron chi connectivity index (χ0n) is 8.24. The van der Waals surface area contributed by atoms with Gasteiger partial charge < -0.3 is 33.9 Å². The Morgan fingerprint density at radius 2 is 0.923 bits per heavy atom. The minimum Gasteiger partial charge on any atom is 1.00 e. The molecule has 0 saturated heterocycles. The zero-order valence-corrected chi connectivity index (χ0v) is 12.0. The molecule has 0 atom stereocenters. The first-order valence-electron chi connectivity index (χ1n) is 1.50. The Bertz CT molecular complexity index is 141. The summed E-state index contributed by atoms with van der Waals surface area (Å²) in [6, 6.07) is 0. The molecule has 0 spiro atoms. The maximum absolute atomic E-state index is 8.77. The summed E-state index contributed by atoms with van der Waals surface area (Å²) in [5.41, 5.74) is 0. The van der Waals surface area contributed by atoms with Crippen molar-refractivity contribution >= 4 is 67.0 Å². The van der Waals surface area contributed by atoms with Crippen LogP contribution in [0.5, 0.6) is 0 Å². The fourth-order valence-electron chi connectivity index (χ4n) is 0. The number of phosphoric acid groups is 2. The molecule has 0 rings (SSSR count). The van der Waals surface area contributed by atoms with Crippen LogP contribution in [-0.2, 0) is 9.13 Å². The van der Waals surface area contributed by atoms with Crippen molar-refractivity contribution in [3.05, 3.63) is 0 Å². The normalized spacial score (nSPS) is 9.08. The van der Waals surface area contributed by atoms with E-state index in [2.05, 4.69) is 0 Å². The fraction of sp³-hybridized carbons (Fsp3) is 0. The van der Waals surface area contributed by atoms with Gasteiger partial charge in [-0.2, -0.15) is 7.82 Å². The van der Waals surface area contributed by atoms with Crippen LogP contribution in [0, 0.1) is 0 Å². The van der Waals surface area contributed by atoms with Gasteiger partial charge in [0.1, 0.15) is 0 Å². The maximum Gasteiger partial charge on any atom is 1.00 e. The van der Waals surface area contributed by atoms with Crippen molar-refractivity contribution in [2.45, 2.75) is 0 Å². The summed E-state index contributed by atoms with van der Waals surface area (Å²) in [4.78, 5) is 48.6. The minimum atomic E-state index is -5.39. The summed E-state index contributed by atoms with van der Waals surface area (Å²) >= 11 is 0. The van der Waals surface area contributed by atoms with E-state index in [1.165, 1.54) is 0 Å². The molecular formula is H5KNa2O8P2. The van der Waals surface area contributed by atoms with Gasteiger partial charge in [-0.1, -0.05) is 0 Å². The molecule has 2 N–H and O–H groups in total. The molecule has 0 fully saturated rings. The molecular weight excluding hydrogens is 275 g/mol. The summed E-state index contributed by atoms with van der Waals surface area (Å²) in [5.74, 6) is 0. The third-order valence-corrected chi connectivity index (χ3v) is 0. The zero-order chi connectivity index (χ0) is 9.00. The molecule has 0 aromatic rings. The summed E-state index contributed by atoms with van der Waals surface area (Å²) in [5, 5.41) is 0. The predicted molar refractivity (Wildman–Crippen MR) is 29.0 cm³/mol. The van der Waals surface area contributed by atoms with Crippen molar-refractivity contribution in [2.24, 2.45) is 0 Å². The van der Waals surface area contributed by atoms with Gasteiger partial charge in [-0.05, 0) is 0 Å². The summed E-state index contributed by atoms with van der Waals surface area (Å²) in [6.45, 7) is 0. The van der Waals surface area contributed by atoms with E-state index >= 15 is 0 Å². The maximum atomic E-state index is 8.77. The second-order valence-corrected chi connectivity index (χ2v) is 2.81. The Hall–Kier alpha value is 3.86. The van der Waals surface area contributed by atoms with E-state index in [9.17, 15) is 0 Å². The standard InChI is InChI=1S/K.2Na.2H3O4P.H/c;;;2*1-5(2,3)4;/h;;;2*(H3,1,2,3,4);/q;2*+1;;;/p-2. The van der Waals surface area contributed by atoms with Gasteiger partial charge in [0, 0.05) is 0 Å². The van der Waals surface area contributed by atoms with Crippen LogP contribution in [0.25, 0.3) is 0 Å². The predicted octanol–water partition coefficient (Wildman–Crippen LogP) is -10.8. The molecule has 0 radical (unpaired) electrons. The van der Waals surface area contributed by atoms with Crippen LogP contribution in [0.3, 0.4) is 0 Å². The van der Waals surface area contributed by atoms with Gasteiger partial charge in [0.05, 0.1) is 0 Å². The molecule has 0 heterocycles. The molecule has 0 unspecified atom stereocenters. The molecule has 0 amide bonds. The summed E-state index contributed by atoms with van der Waals surface area (Å²) < 4.78 is 17.3. The van der Waals surface area contributed by atoms with Crippen LogP contribution in [0.4, 0.5) is 0 Å². The van der Waals surface area contributed by atoms with Crippen molar-refractivity contribution in [2.75, 3.05) is 0 Å².